The van der Waals surface area contributed by atoms with Gasteiger partial charge in [-0.1, -0.05) is 11.6 Å². The van der Waals surface area contributed by atoms with Gasteiger partial charge in [-0.2, -0.15) is 0 Å². The molecule has 5 nitrogen and oxygen atoms in total. The van der Waals surface area contributed by atoms with E-state index in [0.717, 1.165) is 11.8 Å². The molecular formula is C19H16ClNO4S. The molecule has 7 heteroatoms. The molecule has 3 aromatic rings. The van der Waals surface area contributed by atoms with Crippen molar-refractivity contribution in [3.63, 3.8) is 0 Å². The average Bonchev–Trinajstić information content (AvgIpc) is 3.08. The van der Waals surface area contributed by atoms with E-state index in [9.17, 15) is 13.2 Å². The Bertz CT molecular complexity index is 1020. The zero-order valence-corrected chi connectivity index (χ0v) is 15.5. The van der Waals surface area contributed by atoms with Crippen LogP contribution in [0.15, 0.2) is 70.0 Å². The van der Waals surface area contributed by atoms with Gasteiger partial charge in [-0.25, -0.2) is 8.42 Å². The van der Waals surface area contributed by atoms with Crippen molar-refractivity contribution < 1.29 is 17.6 Å². The Kier molecular flexibility index (Phi) is 5.15. The molecule has 0 aliphatic carbocycles. The number of hydrogen-bond acceptors (Lipinski definition) is 4. The molecule has 1 heterocycles. The Morgan fingerprint density at radius 2 is 1.65 bits per heavy atom. The fraction of sp³-hybridized carbons (Fsp3) is 0.105. The summed E-state index contributed by atoms with van der Waals surface area (Å²) in [6.07, 6.45) is 1.12. The predicted molar refractivity (Wildman–Crippen MR) is 99.9 cm³/mol. The minimum Gasteiger partial charge on any atom is -0.459 e. The second-order valence-electron chi connectivity index (χ2n) is 5.75. The average molecular weight is 390 g/mol. The Labute approximate surface area is 156 Å². The summed E-state index contributed by atoms with van der Waals surface area (Å²) in [5.41, 5.74) is 1.27. The first kappa shape index (κ1) is 18.2. The molecule has 1 amide bonds. The van der Waals surface area contributed by atoms with Crippen LogP contribution in [-0.4, -0.2) is 20.6 Å². The van der Waals surface area contributed by atoms with E-state index >= 15 is 0 Å². The molecule has 0 fully saturated rings. The summed E-state index contributed by atoms with van der Waals surface area (Å²) >= 11 is 5.87. The number of rotatable bonds is 5. The van der Waals surface area contributed by atoms with E-state index in [1.165, 1.54) is 24.3 Å². The van der Waals surface area contributed by atoms with Gasteiger partial charge in [0.15, 0.2) is 9.84 Å². The molecule has 0 saturated carbocycles. The van der Waals surface area contributed by atoms with Crippen LogP contribution in [0, 0.1) is 0 Å². The van der Waals surface area contributed by atoms with Gasteiger partial charge < -0.3 is 9.73 Å². The molecule has 1 N–H and O–H groups in total. The van der Waals surface area contributed by atoms with Gasteiger partial charge in [-0.3, -0.25) is 4.79 Å². The third-order valence-electron chi connectivity index (χ3n) is 3.76. The van der Waals surface area contributed by atoms with Gasteiger partial charge in [-0.15, -0.1) is 0 Å². The lowest BCUT2D eigenvalue weighted by molar-refractivity contribution is 0.0948. The van der Waals surface area contributed by atoms with Crippen LogP contribution in [-0.2, 0) is 16.4 Å². The number of amides is 1. The topological polar surface area (TPSA) is 76.4 Å². The summed E-state index contributed by atoms with van der Waals surface area (Å²) in [4.78, 5) is 12.4. The van der Waals surface area contributed by atoms with Crippen molar-refractivity contribution in [3.05, 3.63) is 77.0 Å². The first-order chi connectivity index (χ1) is 12.3. The van der Waals surface area contributed by atoms with Crippen molar-refractivity contribution >= 4 is 27.3 Å². The fourth-order valence-electron chi connectivity index (χ4n) is 2.37. The van der Waals surface area contributed by atoms with Crippen molar-refractivity contribution in [1.82, 2.24) is 5.32 Å². The van der Waals surface area contributed by atoms with E-state index in [1.807, 2.05) is 18.2 Å². The molecule has 2 aromatic carbocycles. The number of carbonyl (C=O) groups excluding carboxylic acids is 1. The van der Waals surface area contributed by atoms with Gasteiger partial charge in [0.05, 0.1) is 11.4 Å². The number of hydrogen-bond donors (Lipinski definition) is 1. The van der Waals surface area contributed by atoms with Crippen molar-refractivity contribution in [3.8, 4) is 11.3 Å². The largest absolute Gasteiger partial charge is 0.459 e. The maximum atomic E-state index is 12.2. The first-order valence-corrected chi connectivity index (χ1v) is 10.0. The highest BCUT2D eigenvalue weighted by Gasteiger charge is 2.11. The van der Waals surface area contributed by atoms with E-state index in [4.69, 9.17) is 16.0 Å². The zero-order valence-electron chi connectivity index (χ0n) is 13.9. The second kappa shape index (κ2) is 7.35. The molecule has 134 valence electrons. The number of sulfone groups is 1. The number of benzene rings is 2. The van der Waals surface area contributed by atoms with Crippen LogP contribution >= 0.6 is 11.6 Å². The number of furan rings is 1. The van der Waals surface area contributed by atoms with Crippen LogP contribution in [0.3, 0.4) is 0 Å². The lowest BCUT2D eigenvalue weighted by Gasteiger charge is -2.04. The molecule has 0 unspecified atom stereocenters. The van der Waals surface area contributed by atoms with Crippen LogP contribution in [0.1, 0.15) is 16.1 Å². The van der Waals surface area contributed by atoms with Gasteiger partial charge in [0, 0.05) is 22.4 Å². The maximum Gasteiger partial charge on any atom is 0.251 e. The number of nitrogens with one attached hydrogen (secondary N) is 1. The van der Waals surface area contributed by atoms with Crippen LogP contribution in [0.2, 0.25) is 5.02 Å². The molecule has 3 rings (SSSR count). The lowest BCUT2D eigenvalue weighted by Crippen LogP contribution is -2.22. The Morgan fingerprint density at radius 3 is 2.27 bits per heavy atom. The highest BCUT2D eigenvalue weighted by molar-refractivity contribution is 7.90. The molecule has 0 bridgehead atoms. The summed E-state index contributed by atoms with van der Waals surface area (Å²) in [5.74, 6) is 0.981. The monoisotopic (exact) mass is 389 g/mol. The molecule has 1 aromatic heterocycles. The minimum atomic E-state index is -3.28. The minimum absolute atomic E-state index is 0.174. The molecule has 0 spiro atoms. The molecule has 0 radical (unpaired) electrons. The number of carbonyl (C=O) groups is 1. The van der Waals surface area contributed by atoms with E-state index in [2.05, 4.69) is 5.32 Å². The summed E-state index contributed by atoms with van der Waals surface area (Å²) in [7, 11) is -3.28. The maximum absolute atomic E-state index is 12.2. The fourth-order valence-corrected chi connectivity index (χ4v) is 3.12. The van der Waals surface area contributed by atoms with Crippen LogP contribution in [0.25, 0.3) is 11.3 Å². The highest BCUT2D eigenvalue weighted by atomic mass is 35.5. The van der Waals surface area contributed by atoms with Gasteiger partial charge >= 0.3 is 0 Å². The molecule has 26 heavy (non-hydrogen) atoms. The first-order valence-electron chi connectivity index (χ1n) is 7.76. The summed E-state index contributed by atoms with van der Waals surface area (Å²) in [6, 6.07) is 16.7. The van der Waals surface area contributed by atoms with Crippen LogP contribution < -0.4 is 5.32 Å². The van der Waals surface area contributed by atoms with E-state index in [-0.39, 0.29) is 17.3 Å². The predicted octanol–water partition coefficient (Wildman–Crippen LogP) is 3.93. The van der Waals surface area contributed by atoms with Gasteiger partial charge in [-0.05, 0) is 60.7 Å². The summed E-state index contributed by atoms with van der Waals surface area (Å²) < 4.78 is 28.6. The van der Waals surface area contributed by atoms with E-state index < -0.39 is 9.84 Å². The molecule has 0 aliphatic rings. The van der Waals surface area contributed by atoms with Crippen molar-refractivity contribution in [2.45, 2.75) is 11.4 Å². The lowest BCUT2D eigenvalue weighted by atomic mass is 10.2. The Hall–Kier alpha value is -2.57. The van der Waals surface area contributed by atoms with E-state index in [0.29, 0.717) is 22.1 Å². The summed E-state index contributed by atoms with van der Waals surface area (Å²) in [6.45, 7) is 0.222. The molecule has 0 aliphatic heterocycles. The van der Waals surface area contributed by atoms with Crippen molar-refractivity contribution in [1.29, 1.82) is 0 Å². The van der Waals surface area contributed by atoms with Crippen molar-refractivity contribution in [2.75, 3.05) is 6.26 Å². The zero-order chi connectivity index (χ0) is 18.7. The van der Waals surface area contributed by atoms with Gasteiger partial charge in [0.2, 0.25) is 0 Å². The third-order valence-corrected chi connectivity index (χ3v) is 5.14. The third kappa shape index (κ3) is 4.33. The quantitative estimate of drug-likeness (QED) is 0.717. The second-order valence-corrected chi connectivity index (χ2v) is 8.20. The smallest absolute Gasteiger partial charge is 0.251 e. The SMILES string of the molecule is CS(=O)(=O)c1ccc(C(=O)NCc2ccc(-c3ccc(Cl)cc3)o2)cc1. The van der Waals surface area contributed by atoms with Gasteiger partial charge in [0.1, 0.15) is 11.5 Å². The van der Waals surface area contributed by atoms with Gasteiger partial charge in [0.25, 0.3) is 5.91 Å². The molecule has 0 atom stereocenters. The molecule has 0 saturated heterocycles. The Morgan fingerprint density at radius 1 is 1.00 bits per heavy atom. The standard InChI is InChI=1S/C19H16ClNO4S/c1-26(23,24)17-9-4-14(5-10-17)19(22)21-12-16-8-11-18(25-16)13-2-6-15(20)7-3-13/h2-11H,12H2,1H3,(H,21,22). The van der Waals surface area contributed by atoms with Crippen LogP contribution in [0.5, 0.6) is 0 Å². The normalized spacial score (nSPS) is 11.3. The number of halogens is 1. The Balaban J connectivity index is 1.64. The highest BCUT2D eigenvalue weighted by Crippen LogP contribution is 2.23. The van der Waals surface area contributed by atoms with Crippen LogP contribution in [0.4, 0.5) is 0 Å². The molecular weight excluding hydrogens is 374 g/mol. The van der Waals surface area contributed by atoms with E-state index in [1.54, 1.807) is 18.2 Å². The summed E-state index contributed by atoms with van der Waals surface area (Å²) in [5, 5.41) is 3.39. The van der Waals surface area contributed by atoms with Crippen molar-refractivity contribution in [2.24, 2.45) is 0 Å².